The van der Waals surface area contributed by atoms with E-state index in [4.69, 9.17) is 123 Å². The first-order chi connectivity index (χ1) is 40.2. The van der Waals surface area contributed by atoms with Crippen LogP contribution in [-0.2, 0) is 61.6 Å². The van der Waals surface area contributed by atoms with Crippen molar-refractivity contribution in [2.45, 2.75) is 160 Å². The number of rotatable bonds is 59. The fourth-order valence-electron chi connectivity index (χ4n) is 7.25. The Morgan fingerprint density at radius 3 is 1.00 bits per heavy atom. The molecule has 0 amide bonds. The average Bonchev–Trinajstić information content (AvgIpc) is 4.29. The first kappa shape index (κ1) is 78.9. The molecule has 26 heteroatoms. The highest BCUT2D eigenvalue weighted by Crippen LogP contribution is 2.14. The molecule has 3 heterocycles. The molecule has 1 aliphatic heterocycles. The van der Waals surface area contributed by atoms with Crippen LogP contribution in [0.1, 0.15) is 142 Å². The van der Waals surface area contributed by atoms with Gasteiger partial charge in [-0.1, -0.05) is 141 Å². The summed E-state index contributed by atoms with van der Waals surface area (Å²) in [4.78, 5) is 17.7. The van der Waals surface area contributed by atoms with Crippen LogP contribution in [0.2, 0.25) is 0 Å². The Morgan fingerprint density at radius 1 is 0.402 bits per heavy atom. The van der Waals surface area contributed by atoms with Crippen molar-refractivity contribution in [2.75, 3.05) is 171 Å². The second-order valence-corrected chi connectivity index (χ2v) is 22.2. The highest BCUT2D eigenvalue weighted by molar-refractivity contribution is 7.99. The number of epoxide rings is 1. The SMILES string of the molecule is CCCCCCCCCCCCOCCOCCOCCOCCOCCOCC(O)CSc1nc(=S)[nH]c(=S)[nH]1.CCCCCCCCCCCCOCCOCCOCCOCCOCCOCC1CO1.S=c1[nH]c(=S)[nH]c(=S)[nH]1. The summed E-state index contributed by atoms with van der Waals surface area (Å²) in [5, 5.41) is 10.6. The van der Waals surface area contributed by atoms with Gasteiger partial charge in [-0.15, -0.1) is 0 Å². The molecule has 0 radical (unpaired) electrons. The molecule has 0 bridgehead atoms. The van der Waals surface area contributed by atoms with Gasteiger partial charge in [0.05, 0.1) is 158 Å². The van der Waals surface area contributed by atoms with Crippen LogP contribution in [0.4, 0.5) is 0 Å². The molecule has 0 saturated carbocycles. The number of hydrogen-bond donors (Lipinski definition) is 6. The molecular formula is C56H106N6O14S6. The molecule has 6 N–H and O–H groups in total. The highest BCUT2D eigenvalue weighted by atomic mass is 32.2. The Bertz CT molecular complexity index is 1850. The number of aromatic nitrogens is 6. The van der Waals surface area contributed by atoms with Crippen molar-refractivity contribution in [1.29, 1.82) is 0 Å². The van der Waals surface area contributed by atoms with E-state index in [1.54, 1.807) is 0 Å². The van der Waals surface area contributed by atoms with Crippen LogP contribution >= 0.6 is 72.9 Å². The summed E-state index contributed by atoms with van der Waals surface area (Å²) in [6.07, 6.45) is 26.6. The highest BCUT2D eigenvalue weighted by Gasteiger charge is 2.22. The first-order valence-electron chi connectivity index (χ1n) is 30.2. The summed E-state index contributed by atoms with van der Waals surface area (Å²) in [7, 11) is 0. The smallest absolute Gasteiger partial charge is 0.201 e. The van der Waals surface area contributed by atoms with Crippen LogP contribution in [0.25, 0.3) is 0 Å². The Kier molecular flexibility index (Phi) is 60.6. The normalized spacial score (nSPS) is 13.2. The lowest BCUT2D eigenvalue weighted by Crippen LogP contribution is -2.20. The zero-order valence-corrected chi connectivity index (χ0v) is 54.7. The van der Waals surface area contributed by atoms with Gasteiger partial charge >= 0.3 is 0 Å². The fraction of sp³-hybridized carbons (Fsp3) is 0.893. The van der Waals surface area contributed by atoms with Crippen molar-refractivity contribution in [3.63, 3.8) is 0 Å². The molecule has 0 spiro atoms. The second kappa shape index (κ2) is 62.9. The van der Waals surface area contributed by atoms with Crippen LogP contribution in [0.3, 0.4) is 0 Å². The number of aromatic amines is 5. The van der Waals surface area contributed by atoms with Crippen LogP contribution < -0.4 is 0 Å². The molecule has 1 fully saturated rings. The number of aliphatic hydroxyl groups excluding tert-OH is 1. The van der Waals surface area contributed by atoms with Crippen LogP contribution in [0, 0.1) is 23.9 Å². The molecule has 2 unspecified atom stereocenters. The number of ether oxygens (including phenoxy) is 13. The van der Waals surface area contributed by atoms with E-state index in [-0.39, 0.29) is 6.61 Å². The van der Waals surface area contributed by atoms with Gasteiger partial charge in [-0.25, -0.2) is 0 Å². The average molecular weight is 1280 g/mol. The summed E-state index contributed by atoms with van der Waals surface area (Å²) >= 11 is 25.5. The van der Waals surface area contributed by atoms with E-state index < -0.39 is 6.10 Å². The Morgan fingerprint density at radius 2 is 0.683 bits per heavy atom. The van der Waals surface area contributed by atoms with Crippen LogP contribution in [0.5, 0.6) is 0 Å². The molecule has 20 nitrogen and oxygen atoms in total. The summed E-state index contributed by atoms with van der Waals surface area (Å²) in [6, 6.07) is 0. The fourth-order valence-corrected chi connectivity index (χ4v) is 9.41. The zero-order valence-electron chi connectivity index (χ0n) is 49.8. The maximum atomic E-state index is 10.0. The van der Waals surface area contributed by atoms with Gasteiger partial charge in [0.1, 0.15) is 6.10 Å². The summed E-state index contributed by atoms with van der Waals surface area (Å²) in [5.74, 6) is 0.411. The van der Waals surface area contributed by atoms with Crippen molar-refractivity contribution >= 4 is 72.9 Å². The third-order valence-corrected chi connectivity index (χ3v) is 13.8. The summed E-state index contributed by atoms with van der Waals surface area (Å²) in [6.45, 7) is 19.1. The number of H-pyrrole nitrogens is 5. The monoisotopic (exact) mass is 1280 g/mol. The minimum absolute atomic E-state index is 0.209. The second-order valence-electron chi connectivity index (χ2n) is 19.2. The number of nitrogens with one attached hydrogen (secondary N) is 5. The number of aliphatic hydroxyl groups is 1. The molecule has 0 aliphatic carbocycles. The van der Waals surface area contributed by atoms with Gasteiger partial charge in [0, 0.05) is 19.0 Å². The van der Waals surface area contributed by atoms with E-state index in [0.29, 0.717) is 180 Å². The molecule has 2 atom stereocenters. The lowest BCUT2D eigenvalue weighted by Gasteiger charge is -2.11. The van der Waals surface area contributed by atoms with Crippen molar-refractivity contribution in [3.05, 3.63) is 23.9 Å². The zero-order chi connectivity index (χ0) is 59.3. The summed E-state index contributed by atoms with van der Waals surface area (Å²) in [5.41, 5.74) is 0. The van der Waals surface area contributed by atoms with E-state index in [0.717, 1.165) is 32.7 Å². The number of unbranched alkanes of at least 4 members (excludes halogenated alkanes) is 18. The maximum absolute atomic E-state index is 10.0. The van der Waals surface area contributed by atoms with Crippen LogP contribution in [0.15, 0.2) is 5.16 Å². The predicted molar refractivity (Wildman–Crippen MR) is 337 cm³/mol. The Hall–Kier alpha value is -1.09. The van der Waals surface area contributed by atoms with Gasteiger partial charge in [0.2, 0.25) is 4.77 Å². The molecule has 0 aromatic carbocycles. The molecule has 2 aromatic rings. The quantitative estimate of drug-likeness (QED) is 0.0156. The maximum Gasteiger partial charge on any atom is 0.201 e. The van der Waals surface area contributed by atoms with Gasteiger partial charge in [-0.05, 0) is 73.9 Å². The Balaban J connectivity index is 0.000000723. The lowest BCUT2D eigenvalue weighted by atomic mass is 10.1. The van der Waals surface area contributed by atoms with Gasteiger partial charge in [-0.3, -0.25) is 0 Å². The first-order valence-corrected chi connectivity index (χ1v) is 33.2. The minimum atomic E-state index is -0.636. The number of thioether (sulfide) groups is 1. The van der Waals surface area contributed by atoms with Gasteiger partial charge in [0.25, 0.3) is 0 Å². The van der Waals surface area contributed by atoms with Gasteiger partial charge in [-0.2, -0.15) is 4.98 Å². The largest absolute Gasteiger partial charge is 0.390 e. The molecule has 1 saturated heterocycles. The Labute approximate surface area is 520 Å². The third-order valence-electron chi connectivity index (χ3n) is 11.8. The minimum Gasteiger partial charge on any atom is -0.390 e. The molecule has 82 heavy (non-hydrogen) atoms. The van der Waals surface area contributed by atoms with E-state index in [9.17, 15) is 5.11 Å². The van der Waals surface area contributed by atoms with Gasteiger partial charge in [0.15, 0.2) is 24.2 Å². The van der Waals surface area contributed by atoms with Gasteiger partial charge < -0.3 is 91.6 Å². The van der Waals surface area contributed by atoms with Crippen molar-refractivity contribution in [1.82, 2.24) is 29.9 Å². The van der Waals surface area contributed by atoms with Crippen molar-refractivity contribution in [3.8, 4) is 0 Å². The van der Waals surface area contributed by atoms with E-state index in [2.05, 4.69) is 43.8 Å². The number of hydrogen-bond acceptors (Lipinski definition) is 21. The lowest BCUT2D eigenvalue weighted by molar-refractivity contribution is -0.0219. The third kappa shape index (κ3) is 60.6. The molecule has 3 rings (SSSR count). The summed E-state index contributed by atoms with van der Waals surface area (Å²) < 4.78 is 73.0. The van der Waals surface area contributed by atoms with E-state index in [1.165, 1.54) is 127 Å². The van der Waals surface area contributed by atoms with E-state index >= 15 is 0 Å². The molecule has 1 aliphatic rings. The van der Waals surface area contributed by atoms with Crippen LogP contribution in [-0.4, -0.2) is 218 Å². The van der Waals surface area contributed by atoms with E-state index in [1.807, 2.05) is 0 Å². The van der Waals surface area contributed by atoms with Crippen molar-refractivity contribution in [2.24, 2.45) is 0 Å². The number of nitrogens with zero attached hydrogens (tertiary/aromatic N) is 1. The predicted octanol–water partition coefficient (Wildman–Crippen LogP) is 11.9. The van der Waals surface area contributed by atoms with Crippen molar-refractivity contribution < 1.29 is 66.7 Å². The standard InChI is InChI=1S/C28H53N3O7S3.C25H50O7.C3H3N3S3/c1-2-3-4-5-6-7-8-9-10-11-12-33-13-14-34-15-16-35-17-18-36-19-20-37-21-22-38-23-25(32)24-41-28-30-26(39)29-27(40)31-28;1-2-3-4-5-6-7-8-9-10-11-12-26-13-14-27-15-16-28-17-18-29-19-20-30-21-22-31-23-25-24-32-25;7-1-4-2(8)6-3(9)5-1/h25,32H,2-24H2,1H3,(H2,29,30,31,39,40);25H,2-24H2,1H3;(H3,4,5,6,7,8,9). The molecular weight excluding hydrogens is 1170 g/mol. The molecule has 2 aromatic heterocycles. The molecule has 480 valence electrons. The topological polar surface area (TPSA) is 235 Å².